The first kappa shape index (κ1) is 27.1. The largest absolute Gasteiger partial charge is 0.494 e. The highest BCUT2D eigenvalue weighted by Gasteiger charge is 2.36. The number of carboxylic acid groups (broad SMARTS) is 1. The third-order valence-corrected chi connectivity index (χ3v) is 7.82. The van der Waals surface area contributed by atoms with Crippen LogP contribution in [0.1, 0.15) is 30.5 Å². The van der Waals surface area contributed by atoms with Crippen molar-refractivity contribution in [2.75, 3.05) is 25.0 Å². The van der Waals surface area contributed by atoms with Gasteiger partial charge >= 0.3 is 12.0 Å². The Kier molecular flexibility index (Phi) is 8.34. The van der Waals surface area contributed by atoms with Gasteiger partial charge in [-0.3, -0.25) is 9.59 Å². The SMILES string of the molecule is CCOc1ccc2c(c1)CCN(C(=O)NCCC(=O)O)[C@H]2C(=O)Nc1cc(F)c([Si](C)(C)C)c(F)c1. The fraction of sp³-hybridized carbons (Fsp3) is 0.400. The Labute approximate surface area is 209 Å². The van der Waals surface area contributed by atoms with E-state index in [0.717, 1.165) is 17.7 Å². The second-order valence-electron chi connectivity index (χ2n) is 9.57. The molecule has 1 heterocycles. The van der Waals surface area contributed by atoms with E-state index in [4.69, 9.17) is 9.84 Å². The summed E-state index contributed by atoms with van der Waals surface area (Å²) in [7, 11) is -2.30. The van der Waals surface area contributed by atoms with Crippen molar-refractivity contribution in [1.82, 2.24) is 10.2 Å². The van der Waals surface area contributed by atoms with E-state index in [-0.39, 0.29) is 30.4 Å². The molecule has 3 amide bonds. The van der Waals surface area contributed by atoms with Crippen molar-refractivity contribution in [3.05, 3.63) is 53.1 Å². The van der Waals surface area contributed by atoms with Gasteiger partial charge in [0.15, 0.2) is 0 Å². The molecular formula is C25H31F2N3O5Si. The molecule has 2 aromatic carbocycles. The minimum Gasteiger partial charge on any atom is -0.494 e. The molecule has 1 aliphatic rings. The lowest BCUT2D eigenvalue weighted by Crippen LogP contribution is -2.49. The molecule has 11 heteroatoms. The molecule has 8 nitrogen and oxygen atoms in total. The molecule has 0 fully saturated rings. The van der Waals surface area contributed by atoms with E-state index in [1.165, 1.54) is 4.90 Å². The molecule has 1 aliphatic heterocycles. The Morgan fingerprint density at radius 2 is 1.81 bits per heavy atom. The summed E-state index contributed by atoms with van der Waals surface area (Å²) in [5, 5.41) is 14.0. The lowest BCUT2D eigenvalue weighted by Gasteiger charge is -2.36. The molecule has 2 aromatic rings. The van der Waals surface area contributed by atoms with Gasteiger partial charge in [-0.05, 0) is 48.7 Å². The number of rotatable bonds is 8. The summed E-state index contributed by atoms with van der Waals surface area (Å²) in [6, 6.07) is 5.66. The second-order valence-corrected chi connectivity index (χ2v) is 14.6. The maximum absolute atomic E-state index is 14.8. The summed E-state index contributed by atoms with van der Waals surface area (Å²) >= 11 is 0. The van der Waals surface area contributed by atoms with Gasteiger partial charge in [-0.25, -0.2) is 13.6 Å². The topological polar surface area (TPSA) is 108 Å². The van der Waals surface area contributed by atoms with Gasteiger partial charge < -0.3 is 25.4 Å². The quantitative estimate of drug-likeness (QED) is 0.462. The molecule has 0 aliphatic carbocycles. The highest BCUT2D eigenvalue weighted by atomic mass is 28.3. The van der Waals surface area contributed by atoms with Gasteiger partial charge in [-0.15, -0.1) is 0 Å². The van der Waals surface area contributed by atoms with E-state index in [1.54, 1.807) is 18.2 Å². The van der Waals surface area contributed by atoms with Gasteiger partial charge in [0.05, 0.1) is 21.1 Å². The minimum atomic E-state index is -2.30. The predicted octanol–water partition coefficient (Wildman–Crippen LogP) is 3.63. The fourth-order valence-electron chi connectivity index (χ4n) is 4.31. The number of carbonyl (C=O) groups excluding carboxylic acids is 2. The zero-order chi connectivity index (χ0) is 26.6. The molecule has 36 heavy (non-hydrogen) atoms. The van der Waals surface area contributed by atoms with E-state index < -0.39 is 43.7 Å². The van der Waals surface area contributed by atoms with E-state index in [9.17, 15) is 23.2 Å². The predicted molar refractivity (Wildman–Crippen MR) is 134 cm³/mol. The number of aliphatic carboxylic acids is 1. The molecule has 0 radical (unpaired) electrons. The third kappa shape index (κ3) is 6.20. The Morgan fingerprint density at radius 1 is 1.14 bits per heavy atom. The number of ether oxygens (including phenoxy) is 1. The van der Waals surface area contributed by atoms with Gasteiger partial charge in [-0.1, -0.05) is 25.7 Å². The normalized spacial score (nSPS) is 15.2. The third-order valence-electron chi connectivity index (χ3n) is 5.84. The van der Waals surface area contributed by atoms with Crippen LogP contribution in [0.5, 0.6) is 5.75 Å². The number of halogens is 2. The molecule has 0 bridgehead atoms. The average molecular weight is 520 g/mol. The van der Waals surface area contributed by atoms with E-state index in [2.05, 4.69) is 10.6 Å². The van der Waals surface area contributed by atoms with Crippen molar-refractivity contribution < 1.29 is 33.0 Å². The summed E-state index contributed by atoms with van der Waals surface area (Å²) < 4.78 is 35.1. The maximum Gasteiger partial charge on any atom is 0.318 e. The lowest BCUT2D eigenvalue weighted by atomic mass is 9.91. The van der Waals surface area contributed by atoms with Crippen LogP contribution < -0.4 is 20.6 Å². The van der Waals surface area contributed by atoms with Crippen LogP contribution in [-0.4, -0.2) is 55.7 Å². The van der Waals surface area contributed by atoms with Gasteiger partial charge in [-0.2, -0.15) is 0 Å². The van der Waals surface area contributed by atoms with Gasteiger partial charge in [0.1, 0.15) is 23.4 Å². The fourth-order valence-corrected chi connectivity index (χ4v) is 5.89. The van der Waals surface area contributed by atoms with Crippen molar-refractivity contribution >= 4 is 36.9 Å². The number of anilines is 1. The van der Waals surface area contributed by atoms with Crippen LogP contribution >= 0.6 is 0 Å². The highest BCUT2D eigenvalue weighted by molar-refractivity contribution is 6.88. The number of carboxylic acids is 1. The van der Waals surface area contributed by atoms with Crippen molar-refractivity contribution in [2.45, 2.75) is 45.4 Å². The summed E-state index contributed by atoms with van der Waals surface area (Å²) in [5.74, 6) is -2.53. The number of benzene rings is 2. The molecular weight excluding hydrogens is 488 g/mol. The number of hydrogen-bond acceptors (Lipinski definition) is 4. The first-order valence-electron chi connectivity index (χ1n) is 11.7. The Morgan fingerprint density at radius 3 is 2.39 bits per heavy atom. The van der Waals surface area contributed by atoms with Crippen molar-refractivity contribution in [3.8, 4) is 5.75 Å². The number of amides is 3. The van der Waals surface area contributed by atoms with Crippen LogP contribution in [0.15, 0.2) is 30.3 Å². The van der Waals surface area contributed by atoms with Gasteiger partial charge in [0.25, 0.3) is 5.91 Å². The zero-order valence-electron chi connectivity index (χ0n) is 20.8. The van der Waals surface area contributed by atoms with Crippen LogP contribution in [0.4, 0.5) is 19.3 Å². The van der Waals surface area contributed by atoms with E-state index in [1.807, 2.05) is 26.6 Å². The Bertz CT molecular complexity index is 1150. The number of urea groups is 1. The molecule has 0 saturated heterocycles. The Hall–Kier alpha value is -3.47. The first-order valence-corrected chi connectivity index (χ1v) is 15.2. The van der Waals surface area contributed by atoms with E-state index in [0.29, 0.717) is 24.3 Å². The second kappa shape index (κ2) is 11.1. The molecule has 0 spiro atoms. The van der Waals surface area contributed by atoms with Crippen LogP contribution in [0.2, 0.25) is 19.6 Å². The first-order chi connectivity index (χ1) is 16.9. The Balaban J connectivity index is 1.93. The highest BCUT2D eigenvalue weighted by Crippen LogP contribution is 2.33. The number of fused-ring (bicyclic) bond motifs is 1. The summed E-state index contributed by atoms with van der Waals surface area (Å²) in [6.45, 7) is 7.85. The lowest BCUT2D eigenvalue weighted by molar-refractivity contribution is -0.136. The molecule has 0 unspecified atom stereocenters. The monoisotopic (exact) mass is 519 g/mol. The zero-order valence-corrected chi connectivity index (χ0v) is 21.8. The number of nitrogens with one attached hydrogen (secondary N) is 2. The van der Waals surface area contributed by atoms with Gasteiger partial charge in [0, 0.05) is 24.0 Å². The van der Waals surface area contributed by atoms with Crippen LogP contribution in [0.25, 0.3) is 0 Å². The molecule has 0 saturated carbocycles. The number of hydrogen-bond donors (Lipinski definition) is 3. The molecule has 0 aromatic heterocycles. The summed E-state index contributed by atoms with van der Waals surface area (Å²) in [4.78, 5) is 38.5. The standard InChI is InChI=1S/C25H31F2N3O5Si/c1-5-35-17-6-7-18-15(12-17)9-11-30(25(34)28-10-8-21(31)32)22(18)24(33)29-16-13-19(26)23(20(27)14-16)36(2,3)4/h6-7,12-14,22H,5,8-11H2,1-4H3,(H,28,34)(H,29,33)(H,31,32)/t22-/m1/s1. The molecule has 3 N–H and O–H groups in total. The molecule has 1 atom stereocenters. The van der Waals surface area contributed by atoms with Crippen LogP contribution in [-0.2, 0) is 16.0 Å². The van der Waals surface area contributed by atoms with Crippen molar-refractivity contribution in [3.63, 3.8) is 0 Å². The van der Waals surface area contributed by atoms with Crippen LogP contribution in [0, 0.1) is 11.6 Å². The maximum atomic E-state index is 14.8. The number of carbonyl (C=O) groups is 3. The number of nitrogens with zero attached hydrogens (tertiary/aromatic N) is 1. The van der Waals surface area contributed by atoms with Crippen LogP contribution in [0.3, 0.4) is 0 Å². The minimum absolute atomic E-state index is 0.0476. The summed E-state index contributed by atoms with van der Waals surface area (Å²) in [6.07, 6.45) is 0.174. The average Bonchev–Trinajstić information content (AvgIpc) is 2.76. The van der Waals surface area contributed by atoms with Crippen molar-refractivity contribution in [1.29, 1.82) is 0 Å². The van der Waals surface area contributed by atoms with E-state index >= 15 is 0 Å². The smallest absolute Gasteiger partial charge is 0.318 e. The summed E-state index contributed by atoms with van der Waals surface area (Å²) in [5.41, 5.74) is 1.30. The molecule has 3 rings (SSSR count). The van der Waals surface area contributed by atoms with Gasteiger partial charge in [0.2, 0.25) is 0 Å². The molecule has 194 valence electrons. The van der Waals surface area contributed by atoms with Crippen molar-refractivity contribution in [2.24, 2.45) is 0 Å².